The van der Waals surface area contributed by atoms with Crippen molar-refractivity contribution >= 4 is 23.6 Å². The molecule has 1 heterocycles. The molecule has 0 radical (unpaired) electrons. The minimum absolute atomic E-state index is 0.210. The van der Waals surface area contributed by atoms with Gasteiger partial charge in [0.1, 0.15) is 17.2 Å². The van der Waals surface area contributed by atoms with Crippen molar-refractivity contribution in [1.29, 1.82) is 0 Å². The van der Waals surface area contributed by atoms with Crippen LogP contribution in [0.25, 0.3) is 6.08 Å². The second-order valence-corrected chi connectivity index (χ2v) is 6.53. The second-order valence-electron chi connectivity index (χ2n) is 6.53. The maximum Gasteiger partial charge on any atom is 0.416 e. The lowest BCUT2D eigenvalue weighted by Gasteiger charge is -2.08. The van der Waals surface area contributed by atoms with Crippen molar-refractivity contribution in [3.8, 4) is 11.5 Å². The van der Waals surface area contributed by atoms with Gasteiger partial charge in [-0.05, 0) is 54.1 Å². The molecule has 0 spiro atoms. The minimum Gasteiger partial charge on any atom is -0.457 e. The lowest BCUT2D eigenvalue weighted by Crippen LogP contribution is -2.18. The molecular weight excluding hydrogens is 423 g/mol. The molecule has 3 rings (SSSR count). The van der Waals surface area contributed by atoms with Crippen LogP contribution in [0.5, 0.6) is 11.5 Å². The average Bonchev–Trinajstić information content (AvgIpc) is 2.78. The Morgan fingerprint density at radius 3 is 2.44 bits per heavy atom. The number of aromatic nitrogens is 1. The van der Waals surface area contributed by atoms with Crippen molar-refractivity contribution in [2.45, 2.75) is 6.18 Å². The quantitative estimate of drug-likeness (QED) is 0.533. The Morgan fingerprint density at radius 1 is 1.00 bits per heavy atom. The van der Waals surface area contributed by atoms with Gasteiger partial charge in [0, 0.05) is 31.1 Å². The summed E-state index contributed by atoms with van der Waals surface area (Å²) in [5.74, 6) is 0.0445. The van der Waals surface area contributed by atoms with Gasteiger partial charge in [0.15, 0.2) is 0 Å². The maximum atomic E-state index is 12.8. The molecule has 2 N–H and O–H groups in total. The van der Waals surface area contributed by atoms with Crippen LogP contribution in [-0.2, 0) is 11.0 Å². The van der Waals surface area contributed by atoms with Crippen LogP contribution in [0.1, 0.15) is 21.6 Å². The summed E-state index contributed by atoms with van der Waals surface area (Å²) in [4.78, 5) is 27.7. The van der Waals surface area contributed by atoms with E-state index < -0.39 is 17.6 Å². The van der Waals surface area contributed by atoms with E-state index in [0.717, 1.165) is 18.2 Å². The van der Waals surface area contributed by atoms with Crippen molar-refractivity contribution < 1.29 is 27.5 Å². The lowest BCUT2D eigenvalue weighted by molar-refractivity contribution is -0.137. The van der Waals surface area contributed by atoms with Crippen LogP contribution >= 0.6 is 0 Å². The van der Waals surface area contributed by atoms with E-state index in [0.29, 0.717) is 17.2 Å². The number of nitrogens with zero attached hydrogens (tertiary/aromatic N) is 1. The molecule has 0 aliphatic heterocycles. The number of pyridine rings is 1. The number of ether oxygens (including phenoxy) is 1. The van der Waals surface area contributed by atoms with Gasteiger partial charge in [0.2, 0.25) is 5.91 Å². The van der Waals surface area contributed by atoms with E-state index in [9.17, 15) is 22.8 Å². The Hall–Kier alpha value is -4.14. The van der Waals surface area contributed by atoms with Gasteiger partial charge in [-0.25, -0.2) is 0 Å². The molecule has 32 heavy (non-hydrogen) atoms. The van der Waals surface area contributed by atoms with Gasteiger partial charge >= 0.3 is 6.18 Å². The standard InChI is InChI=1S/C23H18F3N3O3/c1-27-22(31)20-14-19(11-12-28-20)32-18-8-6-17(7-9-18)29-21(30)10-5-15-3-2-4-16(13-15)23(24,25)26/h2-14H,1H3,(H,27,31)(H,29,30)/b10-5+. The average molecular weight is 441 g/mol. The topological polar surface area (TPSA) is 80.3 Å². The highest BCUT2D eigenvalue weighted by Gasteiger charge is 2.30. The SMILES string of the molecule is CNC(=O)c1cc(Oc2ccc(NC(=O)/C=C/c3cccc(C(F)(F)F)c3)cc2)ccn1. The van der Waals surface area contributed by atoms with Crippen molar-refractivity contribution in [3.63, 3.8) is 0 Å². The van der Waals surface area contributed by atoms with E-state index in [1.807, 2.05) is 0 Å². The molecule has 164 valence electrons. The fraction of sp³-hybridized carbons (Fsp3) is 0.0870. The summed E-state index contributed by atoms with van der Waals surface area (Å²) < 4.78 is 44.0. The van der Waals surface area contributed by atoms with Crippen molar-refractivity contribution in [3.05, 3.63) is 89.8 Å². The molecule has 0 bridgehead atoms. The molecule has 0 saturated heterocycles. The lowest BCUT2D eigenvalue weighted by atomic mass is 10.1. The number of carbonyl (C=O) groups excluding carboxylic acids is 2. The van der Waals surface area contributed by atoms with Gasteiger partial charge in [-0.1, -0.05) is 12.1 Å². The molecule has 0 aliphatic carbocycles. The van der Waals surface area contributed by atoms with Gasteiger partial charge in [-0.15, -0.1) is 0 Å². The minimum atomic E-state index is -4.45. The van der Waals surface area contributed by atoms with Crippen LogP contribution in [0.4, 0.5) is 18.9 Å². The van der Waals surface area contributed by atoms with Crippen molar-refractivity contribution in [1.82, 2.24) is 10.3 Å². The van der Waals surface area contributed by atoms with E-state index in [1.165, 1.54) is 37.5 Å². The largest absolute Gasteiger partial charge is 0.457 e. The summed E-state index contributed by atoms with van der Waals surface area (Å²) in [6.07, 6.45) is -0.548. The van der Waals surface area contributed by atoms with Gasteiger partial charge < -0.3 is 15.4 Å². The normalized spacial score (nSPS) is 11.2. The van der Waals surface area contributed by atoms with E-state index in [1.54, 1.807) is 30.3 Å². The Morgan fingerprint density at radius 2 is 1.75 bits per heavy atom. The zero-order valence-electron chi connectivity index (χ0n) is 16.8. The molecule has 3 aromatic rings. The van der Waals surface area contributed by atoms with Crippen LogP contribution in [0, 0.1) is 0 Å². The number of rotatable bonds is 6. The highest BCUT2D eigenvalue weighted by atomic mass is 19.4. The first-order valence-electron chi connectivity index (χ1n) is 9.37. The fourth-order valence-electron chi connectivity index (χ4n) is 2.64. The number of carbonyl (C=O) groups is 2. The van der Waals surface area contributed by atoms with Crippen LogP contribution in [0.15, 0.2) is 72.9 Å². The Balaban J connectivity index is 1.60. The molecule has 2 aromatic carbocycles. The van der Waals surface area contributed by atoms with E-state index >= 15 is 0 Å². The smallest absolute Gasteiger partial charge is 0.416 e. The number of alkyl halides is 3. The van der Waals surface area contributed by atoms with E-state index in [2.05, 4.69) is 15.6 Å². The predicted octanol–water partition coefficient (Wildman–Crippen LogP) is 4.90. The number of benzene rings is 2. The number of amides is 2. The molecule has 0 fully saturated rings. The number of hydrogen-bond acceptors (Lipinski definition) is 4. The van der Waals surface area contributed by atoms with Crippen LogP contribution in [0.3, 0.4) is 0 Å². The highest BCUT2D eigenvalue weighted by Crippen LogP contribution is 2.29. The third kappa shape index (κ3) is 6.18. The summed E-state index contributed by atoms with van der Waals surface area (Å²) in [6, 6.07) is 14.2. The third-order valence-electron chi connectivity index (χ3n) is 4.19. The monoisotopic (exact) mass is 441 g/mol. The van der Waals surface area contributed by atoms with E-state index in [-0.39, 0.29) is 17.2 Å². The summed E-state index contributed by atoms with van der Waals surface area (Å²) in [6.45, 7) is 0. The van der Waals surface area contributed by atoms with Gasteiger partial charge in [0.25, 0.3) is 5.91 Å². The number of anilines is 1. The molecule has 2 amide bonds. The van der Waals surface area contributed by atoms with Crippen LogP contribution in [0.2, 0.25) is 0 Å². The zero-order chi connectivity index (χ0) is 23.1. The number of halogens is 3. The first kappa shape index (κ1) is 22.5. The molecule has 0 unspecified atom stereocenters. The first-order valence-corrected chi connectivity index (χ1v) is 9.37. The highest BCUT2D eigenvalue weighted by molar-refractivity contribution is 6.02. The summed E-state index contributed by atoms with van der Waals surface area (Å²) in [5, 5.41) is 5.09. The Bertz CT molecular complexity index is 1140. The third-order valence-corrected chi connectivity index (χ3v) is 4.19. The van der Waals surface area contributed by atoms with Gasteiger partial charge in [0.05, 0.1) is 5.56 Å². The second kappa shape index (κ2) is 9.78. The van der Waals surface area contributed by atoms with Crippen molar-refractivity contribution in [2.24, 2.45) is 0 Å². The number of hydrogen-bond donors (Lipinski definition) is 2. The molecule has 6 nitrogen and oxygen atoms in total. The summed E-state index contributed by atoms with van der Waals surface area (Å²) in [5.41, 5.74) is 0.151. The zero-order valence-corrected chi connectivity index (χ0v) is 16.8. The molecule has 0 saturated carbocycles. The molecular formula is C23H18F3N3O3. The molecule has 0 atom stereocenters. The summed E-state index contributed by atoms with van der Waals surface area (Å²) >= 11 is 0. The van der Waals surface area contributed by atoms with Gasteiger partial charge in [-0.2, -0.15) is 13.2 Å². The fourth-order valence-corrected chi connectivity index (χ4v) is 2.64. The first-order chi connectivity index (χ1) is 15.2. The van der Waals surface area contributed by atoms with Crippen LogP contribution < -0.4 is 15.4 Å². The van der Waals surface area contributed by atoms with Gasteiger partial charge in [-0.3, -0.25) is 14.6 Å². The molecule has 9 heteroatoms. The Labute approximate surface area is 181 Å². The Kier molecular flexibility index (Phi) is 6.89. The predicted molar refractivity (Wildman–Crippen MR) is 113 cm³/mol. The number of nitrogens with one attached hydrogen (secondary N) is 2. The molecule has 0 aliphatic rings. The molecule has 1 aromatic heterocycles. The summed E-state index contributed by atoms with van der Waals surface area (Å²) in [7, 11) is 1.50. The maximum absolute atomic E-state index is 12.8. The van der Waals surface area contributed by atoms with E-state index in [4.69, 9.17) is 4.74 Å². The van der Waals surface area contributed by atoms with Crippen LogP contribution in [-0.4, -0.2) is 23.8 Å². The van der Waals surface area contributed by atoms with Crippen molar-refractivity contribution in [2.75, 3.05) is 12.4 Å².